The molecule has 1 amide bonds. The Morgan fingerprint density at radius 3 is 2.44 bits per heavy atom. The number of amides is 1. The third-order valence-electron chi connectivity index (χ3n) is 6.09. The van der Waals surface area contributed by atoms with Gasteiger partial charge in [0.25, 0.3) is 5.91 Å². The molecule has 3 aromatic carbocycles. The lowest BCUT2D eigenvalue weighted by molar-refractivity contribution is -0.126. The van der Waals surface area contributed by atoms with Crippen LogP contribution in [0.15, 0.2) is 82.3 Å². The average molecular weight is 551 g/mol. The largest absolute Gasteiger partial charge is 0.494 e. The zero-order valence-corrected chi connectivity index (χ0v) is 22.0. The molecule has 0 unspecified atom stereocenters. The summed E-state index contributed by atoms with van der Waals surface area (Å²) in [6.07, 6.45) is 1.76. The van der Waals surface area contributed by atoms with Crippen LogP contribution < -0.4 is 10.1 Å². The monoisotopic (exact) mass is 550 g/mol. The van der Waals surface area contributed by atoms with Crippen LogP contribution in [0.5, 0.6) is 5.75 Å². The van der Waals surface area contributed by atoms with E-state index >= 15 is 0 Å². The minimum Gasteiger partial charge on any atom is -0.494 e. The first-order chi connectivity index (χ1) is 17.5. The highest BCUT2D eigenvalue weighted by Gasteiger charge is 2.44. The van der Waals surface area contributed by atoms with Crippen molar-refractivity contribution in [1.29, 1.82) is 0 Å². The molecule has 36 heavy (non-hydrogen) atoms. The van der Waals surface area contributed by atoms with Crippen molar-refractivity contribution in [3.05, 3.63) is 99.5 Å². The number of nitrogens with zero attached hydrogens (tertiary/aromatic N) is 1. The lowest BCUT2D eigenvalue weighted by Gasteiger charge is -2.23. The van der Waals surface area contributed by atoms with Crippen molar-refractivity contribution in [2.75, 3.05) is 26.4 Å². The number of aliphatic hydroxyl groups excluding tert-OH is 1. The van der Waals surface area contributed by atoms with Gasteiger partial charge >= 0.3 is 0 Å². The zero-order chi connectivity index (χ0) is 25.4. The number of halogens is 1. The molecular formula is C29H31BrN2O4. The number of rotatable bonds is 11. The number of nitrogens with one attached hydrogen (secondary N) is 1. The summed E-state index contributed by atoms with van der Waals surface area (Å²) in [6, 6.07) is 23.7. The lowest BCUT2D eigenvalue weighted by atomic mass is 9.91. The Morgan fingerprint density at radius 1 is 1.06 bits per heavy atom. The van der Waals surface area contributed by atoms with Gasteiger partial charge in [0.2, 0.25) is 5.90 Å². The first kappa shape index (κ1) is 25.9. The molecule has 6 nitrogen and oxygen atoms in total. The highest BCUT2D eigenvalue weighted by Crippen LogP contribution is 2.28. The van der Waals surface area contributed by atoms with E-state index in [0.717, 1.165) is 22.0 Å². The smallest absolute Gasteiger partial charge is 0.251 e. The number of hydrogen-bond donors (Lipinski definition) is 2. The van der Waals surface area contributed by atoms with E-state index in [1.165, 1.54) is 11.1 Å². The van der Waals surface area contributed by atoms with Crippen LogP contribution in [-0.2, 0) is 22.4 Å². The van der Waals surface area contributed by atoms with Gasteiger partial charge in [-0.3, -0.25) is 4.79 Å². The highest BCUT2D eigenvalue weighted by molar-refractivity contribution is 9.10. The Kier molecular flexibility index (Phi) is 8.78. The standard InChI is InChI=1S/C29H31BrN2O4/c1-21-3-5-22(6-4-21)15-16-31-28(34)29(19-23-7-11-25(30)12-8-23)20-36-27(32-29)24-9-13-26(14-10-24)35-18-2-17-33/h3-14,33H,2,15-20H2,1H3,(H,31,34)/t29-/m1/s1. The molecule has 1 aliphatic heterocycles. The van der Waals surface area contributed by atoms with Crippen LogP contribution in [0.1, 0.15) is 28.7 Å². The molecule has 0 aliphatic carbocycles. The summed E-state index contributed by atoms with van der Waals surface area (Å²) >= 11 is 3.47. The first-order valence-electron chi connectivity index (χ1n) is 12.1. The van der Waals surface area contributed by atoms with E-state index in [4.69, 9.17) is 19.6 Å². The minimum atomic E-state index is -1.05. The van der Waals surface area contributed by atoms with Gasteiger partial charge in [0.15, 0.2) is 5.54 Å². The Labute approximate surface area is 220 Å². The fraction of sp³-hybridized carbons (Fsp3) is 0.310. The van der Waals surface area contributed by atoms with Gasteiger partial charge in [-0.2, -0.15) is 0 Å². The molecule has 0 saturated heterocycles. The van der Waals surface area contributed by atoms with Crippen LogP contribution in [0, 0.1) is 6.92 Å². The number of aryl methyl sites for hydroxylation is 1. The Hall–Kier alpha value is -3.16. The summed E-state index contributed by atoms with van der Waals surface area (Å²) in [5.74, 6) is 1.01. The van der Waals surface area contributed by atoms with Crippen molar-refractivity contribution in [2.24, 2.45) is 4.99 Å². The van der Waals surface area contributed by atoms with Gasteiger partial charge in [0.05, 0.1) is 6.61 Å². The molecule has 1 aliphatic rings. The van der Waals surface area contributed by atoms with Gasteiger partial charge in [-0.25, -0.2) is 4.99 Å². The molecule has 0 fully saturated rings. The van der Waals surface area contributed by atoms with Crippen LogP contribution in [0.3, 0.4) is 0 Å². The summed E-state index contributed by atoms with van der Waals surface area (Å²) in [5, 5.41) is 12.0. The highest BCUT2D eigenvalue weighted by atomic mass is 79.9. The van der Waals surface area contributed by atoms with Crippen LogP contribution in [0.2, 0.25) is 0 Å². The summed E-state index contributed by atoms with van der Waals surface area (Å²) in [7, 11) is 0. The molecule has 188 valence electrons. The summed E-state index contributed by atoms with van der Waals surface area (Å²) in [6.45, 7) is 3.30. The summed E-state index contributed by atoms with van der Waals surface area (Å²) in [4.78, 5) is 18.4. The second kappa shape index (κ2) is 12.2. The van der Waals surface area contributed by atoms with Crippen molar-refractivity contribution >= 4 is 27.7 Å². The quantitative estimate of drug-likeness (QED) is 0.341. The number of aliphatic hydroxyl groups is 1. The number of benzene rings is 3. The molecule has 0 aromatic heterocycles. The second-order valence-corrected chi connectivity index (χ2v) is 9.90. The van der Waals surface area contributed by atoms with Gasteiger partial charge in [0.1, 0.15) is 12.4 Å². The zero-order valence-electron chi connectivity index (χ0n) is 20.4. The number of aliphatic imine (C=N–C) groups is 1. The average Bonchev–Trinajstić information content (AvgIpc) is 3.32. The molecule has 1 atom stereocenters. The molecular weight excluding hydrogens is 520 g/mol. The van der Waals surface area contributed by atoms with E-state index in [-0.39, 0.29) is 19.1 Å². The molecule has 0 bridgehead atoms. The van der Waals surface area contributed by atoms with Crippen molar-refractivity contribution in [2.45, 2.75) is 31.7 Å². The third kappa shape index (κ3) is 6.74. The maximum Gasteiger partial charge on any atom is 0.251 e. The fourth-order valence-corrected chi connectivity index (χ4v) is 4.27. The number of hydrogen-bond acceptors (Lipinski definition) is 5. The first-order valence-corrected chi connectivity index (χ1v) is 12.9. The third-order valence-corrected chi connectivity index (χ3v) is 6.62. The molecule has 0 radical (unpaired) electrons. The van der Waals surface area contributed by atoms with Crippen LogP contribution in [-0.4, -0.2) is 48.8 Å². The van der Waals surface area contributed by atoms with Crippen LogP contribution >= 0.6 is 15.9 Å². The van der Waals surface area contributed by atoms with E-state index < -0.39 is 5.54 Å². The topological polar surface area (TPSA) is 80.2 Å². The fourth-order valence-electron chi connectivity index (χ4n) is 4.01. The number of carbonyl (C=O) groups is 1. The van der Waals surface area contributed by atoms with E-state index in [0.29, 0.717) is 37.6 Å². The SMILES string of the molecule is Cc1ccc(CCNC(=O)[C@@]2(Cc3ccc(Br)cc3)COC(c3ccc(OCCCO)cc3)=N2)cc1. The van der Waals surface area contributed by atoms with Crippen molar-refractivity contribution in [1.82, 2.24) is 5.32 Å². The lowest BCUT2D eigenvalue weighted by Crippen LogP contribution is -2.48. The van der Waals surface area contributed by atoms with Crippen molar-refractivity contribution in [3.63, 3.8) is 0 Å². The van der Waals surface area contributed by atoms with E-state index in [9.17, 15) is 4.79 Å². The van der Waals surface area contributed by atoms with Gasteiger partial charge in [-0.05, 0) is 60.9 Å². The normalized spacial score (nSPS) is 16.8. The van der Waals surface area contributed by atoms with E-state index in [1.54, 1.807) is 0 Å². The van der Waals surface area contributed by atoms with Crippen molar-refractivity contribution < 1.29 is 19.4 Å². The molecule has 7 heteroatoms. The predicted molar refractivity (Wildman–Crippen MR) is 145 cm³/mol. The van der Waals surface area contributed by atoms with Gasteiger partial charge < -0.3 is 19.9 Å². The summed E-state index contributed by atoms with van der Waals surface area (Å²) in [5.41, 5.74) is 3.14. The van der Waals surface area contributed by atoms with Gasteiger partial charge in [0, 0.05) is 36.0 Å². The maximum absolute atomic E-state index is 13.5. The molecule has 2 N–H and O–H groups in total. The molecule has 4 rings (SSSR count). The predicted octanol–water partition coefficient (Wildman–Crippen LogP) is 4.64. The van der Waals surface area contributed by atoms with Crippen LogP contribution in [0.25, 0.3) is 0 Å². The molecule has 0 spiro atoms. The van der Waals surface area contributed by atoms with Gasteiger partial charge in [-0.15, -0.1) is 0 Å². The van der Waals surface area contributed by atoms with Crippen LogP contribution in [0.4, 0.5) is 0 Å². The Balaban J connectivity index is 1.50. The maximum atomic E-state index is 13.5. The minimum absolute atomic E-state index is 0.0935. The second-order valence-electron chi connectivity index (χ2n) is 8.98. The number of ether oxygens (including phenoxy) is 2. The van der Waals surface area contributed by atoms with Crippen molar-refractivity contribution in [3.8, 4) is 5.75 Å². The van der Waals surface area contributed by atoms with E-state index in [2.05, 4.69) is 52.4 Å². The Morgan fingerprint density at radius 2 is 1.75 bits per heavy atom. The molecule has 1 heterocycles. The number of carbonyl (C=O) groups excluding carboxylic acids is 1. The molecule has 0 saturated carbocycles. The van der Waals surface area contributed by atoms with Gasteiger partial charge in [-0.1, -0.05) is 57.9 Å². The Bertz CT molecular complexity index is 1180. The molecule has 3 aromatic rings. The van der Waals surface area contributed by atoms with E-state index in [1.807, 2.05) is 48.5 Å². The summed E-state index contributed by atoms with van der Waals surface area (Å²) < 4.78 is 12.6.